The molecule has 0 fully saturated rings. The Morgan fingerprint density at radius 1 is 1.37 bits per heavy atom. The monoisotopic (exact) mass is 259 g/mol. The summed E-state index contributed by atoms with van der Waals surface area (Å²) >= 11 is 0. The summed E-state index contributed by atoms with van der Waals surface area (Å²) in [5.74, 6) is 0.598. The molecule has 19 heavy (non-hydrogen) atoms. The van der Waals surface area contributed by atoms with E-state index in [-0.39, 0.29) is 12.3 Å². The standard InChI is InChI=1S/C14H17N3O2/c1-14(2,15)7-13(18)17-11-5-3-10(4-6-11)12-8-16-9-19-12/h3-6,8-9H,7,15H2,1-2H3,(H,17,18). The molecule has 5 nitrogen and oxygen atoms in total. The third-order valence-electron chi connectivity index (χ3n) is 2.50. The number of nitrogens with one attached hydrogen (secondary N) is 1. The van der Waals surface area contributed by atoms with Gasteiger partial charge in [0.1, 0.15) is 0 Å². The van der Waals surface area contributed by atoms with Crippen molar-refractivity contribution < 1.29 is 9.21 Å². The first-order valence-corrected chi connectivity index (χ1v) is 6.02. The van der Waals surface area contributed by atoms with Gasteiger partial charge in [0.2, 0.25) is 5.91 Å². The molecule has 0 aliphatic rings. The highest BCUT2D eigenvalue weighted by molar-refractivity contribution is 5.91. The van der Waals surface area contributed by atoms with Gasteiger partial charge in [-0.2, -0.15) is 0 Å². The van der Waals surface area contributed by atoms with E-state index in [0.717, 1.165) is 11.3 Å². The lowest BCUT2D eigenvalue weighted by molar-refractivity contribution is -0.117. The van der Waals surface area contributed by atoms with Crippen LogP contribution in [-0.4, -0.2) is 16.4 Å². The Morgan fingerprint density at radius 3 is 2.58 bits per heavy atom. The van der Waals surface area contributed by atoms with Gasteiger partial charge in [-0.3, -0.25) is 4.79 Å². The van der Waals surface area contributed by atoms with E-state index in [2.05, 4.69) is 10.3 Å². The van der Waals surface area contributed by atoms with Crippen molar-refractivity contribution in [3.05, 3.63) is 36.9 Å². The quantitative estimate of drug-likeness (QED) is 0.883. The molecule has 1 heterocycles. The first-order chi connectivity index (χ1) is 8.94. The number of rotatable bonds is 4. The first-order valence-electron chi connectivity index (χ1n) is 6.02. The molecule has 0 radical (unpaired) electrons. The fourth-order valence-electron chi connectivity index (χ4n) is 1.70. The van der Waals surface area contributed by atoms with Crippen molar-refractivity contribution in [1.82, 2.24) is 4.98 Å². The van der Waals surface area contributed by atoms with Crippen LogP contribution in [0.2, 0.25) is 0 Å². The van der Waals surface area contributed by atoms with E-state index >= 15 is 0 Å². The van der Waals surface area contributed by atoms with Crippen LogP contribution in [0.3, 0.4) is 0 Å². The summed E-state index contributed by atoms with van der Waals surface area (Å²) in [6.45, 7) is 3.64. The average Bonchev–Trinajstić information content (AvgIpc) is 2.80. The lowest BCUT2D eigenvalue weighted by atomic mass is 10.0. The zero-order chi connectivity index (χ0) is 13.9. The highest BCUT2D eigenvalue weighted by Crippen LogP contribution is 2.21. The van der Waals surface area contributed by atoms with E-state index in [1.807, 2.05) is 38.1 Å². The van der Waals surface area contributed by atoms with Crippen LogP contribution < -0.4 is 11.1 Å². The minimum Gasteiger partial charge on any atom is -0.444 e. The molecule has 100 valence electrons. The number of hydrogen-bond acceptors (Lipinski definition) is 4. The number of nitrogens with two attached hydrogens (primary N) is 1. The van der Waals surface area contributed by atoms with E-state index in [0.29, 0.717) is 5.76 Å². The van der Waals surface area contributed by atoms with Gasteiger partial charge in [-0.05, 0) is 38.1 Å². The summed E-state index contributed by atoms with van der Waals surface area (Å²) in [5, 5.41) is 2.81. The maximum atomic E-state index is 11.7. The van der Waals surface area contributed by atoms with Crippen molar-refractivity contribution in [3.8, 4) is 11.3 Å². The maximum absolute atomic E-state index is 11.7. The van der Waals surface area contributed by atoms with Crippen LogP contribution in [0.15, 0.2) is 41.3 Å². The number of carbonyl (C=O) groups is 1. The summed E-state index contributed by atoms with van der Waals surface area (Å²) in [6.07, 6.45) is 3.30. The molecule has 0 aliphatic heterocycles. The summed E-state index contributed by atoms with van der Waals surface area (Å²) in [7, 11) is 0. The summed E-state index contributed by atoms with van der Waals surface area (Å²) in [6, 6.07) is 7.37. The summed E-state index contributed by atoms with van der Waals surface area (Å²) < 4.78 is 5.19. The number of carbonyl (C=O) groups excluding carboxylic acids is 1. The topological polar surface area (TPSA) is 81.2 Å². The van der Waals surface area contributed by atoms with Crippen LogP contribution >= 0.6 is 0 Å². The highest BCUT2D eigenvalue weighted by Gasteiger charge is 2.16. The molecular formula is C14H17N3O2. The lowest BCUT2D eigenvalue weighted by Gasteiger charge is -2.17. The molecule has 0 bridgehead atoms. The van der Waals surface area contributed by atoms with Crippen molar-refractivity contribution in [2.75, 3.05) is 5.32 Å². The Bertz CT molecular complexity index is 539. The maximum Gasteiger partial charge on any atom is 0.226 e. The zero-order valence-electron chi connectivity index (χ0n) is 11.0. The van der Waals surface area contributed by atoms with Crippen LogP contribution in [0.4, 0.5) is 5.69 Å². The first kappa shape index (κ1) is 13.3. The Kier molecular flexibility index (Phi) is 3.66. The number of oxazole rings is 1. The lowest BCUT2D eigenvalue weighted by Crippen LogP contribution is -2.36. The van der Waals surface area contributed by atoms with Gasteiger partial charge >= 0.3 is 0 Å². The van der Waals surface area contributed by atoms with E-state index in [1.165, 1.54) is 6.39 Å². The number of amides is 1. The molecule has 3 N–H and O–H groups in total. The van der Waals surface area contributed by atoms with Crippen LogP contribution in [-0.2, 0) is 4.79 Å². The normalized spacial score (nSPS) is 11.3. The van der Waals surface area contributed by atoms with E-state index in [9.17, 15) is 4.79 Å². The molecule has 0 spiro atoms. The van der Waals surface area contributed by atoms with Crippen LogP contribution in [0.5, 0.6) is 0 Å². The fraction of sp³-hybridized carbons (Fsp3) is 0.286. The molecule has 0 unspecified atom stereocenters. The second-order valence-electron chi connectivity index (χ2n) is 5.16. The van der Waals surface area contributed by atoms with E-state index in [1.54, 1.807) is 6.20 Å². The largest absolute Gasteiger partial charge is 0.444 e. The van der Waals surface area contributed by atoms with Gasteiger partial charge in [-0.1, -0.05) is 0 Å². The van der Waals surface area contributed by atoms with Gasteiger partial charge in [0.05, 0.1) is 6.20 Å². The zero-order valence-corrected chi connectivity index (χ0v) is 11.0. The Hall–Kier alpha value is -2.14. The van der Waals surface area contributed by atoms with Crippen molar-refractivity contribution in [2.24, 2.45) is 5.73 Å². The molecule has 2 rings (SSSR count). The highest BCUT2D eigenvalue weighted by atomic mass is 16.3. The molecule has 0 saturated heterocycles. The van der Waals surface area contributed by atoms with Crippen molar-refractivity contribution >= 4 is 11.6 Å². The minimum absolute atomic E-state index is 0.0973. The SMILES string of the molecule is CC(C)(N)CC(=O)Nc1ccc(-c2cnco2)cc1. The minimum atomic E-state index is -0.510. The van der Waals surface area contributed by atoms with Crippen molar-refractivity contribution in [3.63, 3.8) is 0 Å². The summed E-state index contributed by atoms with van der Waals surface area (Å²) in [5.41, 5.74) is 6.93. The number of anilines is 1. The predicted molar refractivity (Wildman–Crippen MR) is 73.5 cm³/mol. The molecule has 1 amide bonds. The molecule has 0 saturated carbocycles. The second-order valence-corrected chi connectivity index (χ2v) is 5.16. The second kappa shape index (κ2) is 5.24. The smallest absolute Gasteiger partial charge is 0.226 e. The van der Waals surface area contributed by atoms with Crippen LogP contribution in [0.1, 0.15) is 20.3 Å². The number of benzene rings is 1. The molecule has 0 atom stereocenters. The van der Waals surface area contributed by atoms with Crippen LogP contribution in [0, 0.1) is 0 Å². The third kappa shape index (κ3) is 3.93. The van der Waals surface area contributed by atoms with E-state index in [4.69, 9.17) is 10.2 Å². The van der Waals surface area contributed by atoms with E-state index < -0.39 is 5.54 Å². The molecule has 5 heteroatoms. The van der Waals surface area contributed by atoms with Gasteiger partial charge in [0, 0.05) is 23.2 Å². The van der Waals surface area contributed by atoms with Crippen molar-refractivity contribution in [1.29, 1.82) is 0 Å². The Labute approximate surface area is 111 Å². The Morgan fingerprint density at radius 2 is 2.05 bits per heavy atom. The molecule has 1 aromatic heterocycles. The summed E-state index contributed by atoms with van der Waals surface area (Å²) in [4.78, 5) is 15.6. The Balaban J connectivity index is 2.01. The van der Waals surface area contributed by atoms with Gasteiger partial charge in [-0.25, -0.2) is 4.98 Å². The average molecular weight is 259 g/mol. The molecule has 1 aromatic carbocycles. The van der Waals surface area contributed by atoms with Gasteiger partial charge in [0.25, 0.3) is 0 Å². The number of hydrogen-bond donors (Lipinski definition) is 2. The number of nitrogens with zero attached hydrogens (tertiary/aromatic N) is 1. The third-order valence-corrected chi connectivity index (χ3v) is 2.50. The fourth-order valence-corrected chi connectivity index (χ4v) is 1.70. The van der Waals surface area contributed by atoms with Gasteiger partial charge < -0.3 is 15.5 Å². The predicted octanol–water partition coefficient (Wildman–Crippen LogP) is 2.41. The number of aromatic nitrogens is 1. The molecule has 0 aliphatic carbocycles. The van der Waals surface area contributed by atoms with Crippen molar-refractivity contribution in [2.45, 2.75) is 25.8 Å². The molecular weight excluding hydrogens is 242 g/mol. The van der Waals surface area contributed by atoms with Crippen LogP contribution in [0.25, 0.3) is 11.3 Å². The van der Waals surface area contributed by atoms with Gasteiger partial charge in [0.15, 0.2) is 12.2 Å². The molecule has 2 aromatic rings. The van der Waals surface area contributed by atoms with Gasteiger partial charge in [-0.15, -0.1) is 0 Å².